The number of aliphatic hydroxyl groups is 2. The van der Waals surface area contributed by atoms with Crippen molar-refractivity contribution in [3.63, 3.8) is 0 Å². The van der Waals surface area contributed by atoms with Crippen molar-refractivity contribution in [3.8, 4) is 0 Å². The van der Waals surface area contributed by atoms with Gasteiger partial charge in [0.15, 0.2) is 0 Å². The Morgan fingerprint density at radius 2 is 1.08 bits per heavy atom. The Labute approximate surface area is 331 Å². The lowest BCUT2D eigenvalue weighted by Crippen LogP contribution is -2.51. The third-order valence-electron chi connectivity index (χ3n) is 11.9. The summed E-state index contributed by atoms with van der Waals surface area (Å²) in [7, 11) is 0. The molecule has 4 atom stereocenters. The highest BCUT2D eigenvalue weighted by Gasteiger charge is 2.57. The van der Waals surface area contributed by atoms with Gasteiger partial charge in [-0.25, -0.2) is 8.78 Å². The van der Waals surface area contributed by atoms with Crippen molar-refractivity contribution in [2.75, 3.05) is 49.2 Å². The maximum atomic E-state index is 14.9. The number of nitrogens with zero attached hydrogens (tertiary/aromatic N) is 2. The minimum atomic E-state index is -0.867. The summed E-state index contributed by atoms with van der Waals surface area (Å²) in [5.41, 5.74) is -0.394. The van der Waals surface area contributed by atoms with Gasteiger partial charge in [0.1, 0.15) is 19.8 Å². The molecule has 12 heteroatoms. The molecular formula is C38H50Br2F2N2O2S4. The first kappa shape index (κ1) is 38.8. The van der Waals surface area contributed by atoms with E-state index in [1.807, 2.05) is 12.1 Å². The van der Waals surface area contributed by atoms with E-state index in [0.717, 1.165) is 116 Å². The number of halogens is 4. The van der Waals surface area contributed by atoms with Crippen molar-refractivity contribution in [3.05, 3.63) is 68.1 Å². The predicted molar refractivity (Wildman–Crippen MR) is 217 cm³/mol. The smallest absolute Gasteiger partial charge is 0.128 e. The van der Waals surface area contributed by atoms with Crippen molar-refractivity contribution in [1.29, 1.82) is 0 Å². The molecule has 0 aromatic heterocycles. The highest BCUT2D eigenvalue weighted by molar-refractivity contribution is 9.10. The Balaban J connectivity index is 0.000000157. The van der Waals surface area contributed by atoms with Gasteiger partial charge in [0.25, 0.3) is 0 Å². The fraction of sp³-hybridized carbons (Fsp3) is 0.684. The molecule has 6 fully saturated rings. The van der Waals surface area contributed by atoms with E-state index in [0.29, 0.717) is 23.2 Å². The van der Waals surface area contributed by atoms with Crippen molar-refractivity contribution in [2.24, 2.45) is 0 Å². The first-order valence-corrected chi connectivity index (χ1v) is 24.0. The Morgan fingerprint density at radius 1 is 0.580 bits per heavy atom. The predicted octanol–water partition coefficient (Wildman–Crippen LogP) is 9.98. The van der Waals surface area contributed by atoms with Crippen LogP contribution in [0.2, 0.25) is 0 Å². The van der Waals surface area contributed by atoms with E-state index in [1.165, 1.54) is 25.3 Å². The molecule has 8 rings (SSSR count). The molecule has 0 radical (unpaired) electrons. The number of fused-ring (bicyclic) bond motifs is 2. The molecule has 2 aromatic carbocycles. The summed E-state index contributed by atoms with van der Waals surface area (Å²) >= 11 is 14.1. The van der Waals surface area contributed by atoms with Gasteiger partial charge < -0.3 is 20.0 Å². The number of benzene rings is 2. The lowest BCUT2D eigenvalue weighted by Gasteiger charge is -2.49. The van der Waals surface area contributed by atoms with Crippen LogP contribution < -0.4 is 0 Å². The fourth-order valence-corrected chi connectivity index (χ4v) is 17.6. The summed E-state index contributed by atoms with van der Waals surface area (Å²) in [6.45, 7) is 4.30. The lowest BCUT2D eigenvalue weighted by atomic mass is 9.83. The zero-order valence-electron chi connectivity index (χ0n) is 28.7. The molecule has 50 heavy (non-hydrogen) atoms. The molecular weight excluding hydrogens is 843 g/mol. The first-order valence-electron chi connectivity index (χ1n) is 18.5. The Kier molecular flexibility index (Phi) is 12.6. The van der Waals surface area contributed by atoms with Crippen LogP contribution in [0.5, 0.6) is 0 Å². The van der Waals surface area contributed by atoms with Crippen LogP contribution in [0.25, 0.3) is 0 Å². The van der Waals surface area contributed by atoms with Gasteiger partial charge in [-0.1, -0.05) is 31.9 Å². The van der Waals surface area contributed by atoms with Crippen LogP contribution in [0.15, 0.2) is 45.3 Å². The second-order valence-electron chi connectivity index (χ2n) is 14.9. The second-order valence-corrected chi connectivity index (χ2v) is 22.5. The highest BCUT2D eigenvalue weighted by atomic mass is 79.9. The molecule has 4 unspecified atom stereocenters. The summed E-state index contributed by atoms with van der Waals surface area (Å²) in [6, 6.07) is 11.4. The molecule has 2 aromatic rings. The molecule has 4 nitrogen and oxygen atoms in total. The van der Waals surface area contributed by atoms with Gasteiger partial charge in [-0.2, -0.15) is 0 Å². The number of thioether (sulfide) groups is 4. The Bertz CT molecular complexity index is 1480. The van der Waals surface area contributed by atoms with E-state index in [1.54, 1.807) is 65.2 Å². The minimum Gasteiger partial charge on any atom is -0.387 e. The standard InChI is InChI=1S/2C19H25BrFNOS2/c20-14-5-6-17(21)16(12-14)19(24-10-3-11-25-19)18(23)7-2-9-22-8-1-4-15(22)13-18;20-14-4-5-17(21)16(13-14)19(24-11-2-12-25-19)18(23)7-6-15-3-1-9-22(15)10-8-18/h5-6,12,15,23H,1-4,7-11,13H2;4-5,13,15,23H,1-3,6-12H2. The van der Waals surface area contributed by atoms with Gasteiger partial charge in [-0.15, -0.1) is 47.0 Å². The molecule has 0 amide bonds. The SMILES string of the molecule is OC1(C2(c3cc(Br)ccc3F)SCCCS2)CCC2CCCN2CC1.OC1(C2(c3cc(Br)ccc3F)SCCCS2)CCCN2CCCC2C1. The fourth-order valence-electron chi connectivity index (χ4n) is 9.40. The van der Waals surface area contributed by atoms with Crippen LogP contribution in [-0.4, -0.2) is 92.5 Å². The van der Waals surface area contributed by atoms with Gasteiger partial charge in [-0.05, 0) is 156 Å². The molecule has 276 valence electrons. The first-order chi connectivity index (χ1) is 24.1. The van der Waals surface area contributed by atoms with Crippen molar-refractivity contribution in [1.82, 2.24) is 9.80 Å². The normalized spacial score (nSPS) is 33.0. The second kappa shape index (κ2) is 16.3. The summed E-state index contributed by atoms with van der Waals surface area (Å²) < 4.78 is 30.4. The maximum Gasteiger partial charge on any atom is 0.128 e. The van der Waals surface area contributed by atoms with Crippen LogP contribution in [0, 0.1) is 11.6 Å². The topological polar surface area (TPSA) is 46.9 Å². The van der Waals surface area contributed by atoms with Crippen LogP contribution in [-0.2, 0) is 8.16 Å². The van der Waals surface area contributed by atoms with E-state index in [4.69, 9.17) is 0 Å². The van der Waals surface area contributed by atoms with Crippen molar-refractivity contribution < 1.29 is 19.0 Å². The highest BCUT2D eigenvalue weighted by Crippen LogP contribution is 2.62. The maximum absolute atomic E-state index is 14.9. The molecule has 2 N–H and O–H groups in total. The van der Waals surface area contributed by atoms with Crippen LogP contribution in [0.1, 0.15) is 88.2 Å². The Morgan fingerprint density at radius 3 is 1.66 bits per heavy atom. The number of hydrogen-bond acceptors (Lipinski definition) is 8. The van der Waals surface area contributed by atoms with Gasteiger partial charge in [0.2, 0.25) is 0 Å². The van der Waals surface area contributed by atoms with Crippen molar-refractivity contribution in [2.45, 2.75) is 108 Å². The van der Waals surface area contributed by atoms with Crippen LogP contribution in [0.3, 0.4) is 0 Å². The zero-order chi connectivity index (χ0) is 35.0. The average molecular weight is 893 g/mol. The van der Waals surface area contributed by atoms with Gasteiger partial charge >= 0.3 is 0 Å². The summed E-state index contributed by atoms with van der Waals surface area (Å²) in [5.74, 6) is 3.54. The van der Waals surface area contributed by atoms with E-state index in [9.17, 15) is 19.0 Å². The zero-order valence-corrected chi connectivity index (χ0v) is 35.1. The Hall–Kier alpha value is 0.500. The van der Waals surface area contributed by atoms with Crippen LogP contribution in [0.4, 0.5) is 8.78 Å². The third-order valence-corrected chi connectivity index (χ3v) is 20.3. The number of hydrogen-bond donors (Lipinski definition) is 2. The average Bonchev–Trinajstić information content (AvgIpc) is 3.70. The lowest BCUT2D eigenvalue weighted by molar-refractivity contribution is 0.00198. The molecule has 0 bridgehead atoms. The van der Waals surface area contributed by atoms with Gasteiger partial charge in [0.05, 0.1) is 11.2 Å². The minimum absolute atomic E-state index is 0.189. The summed E-state index contributed by atoms with van der Waals surface area (Å²) in [6.07, 6.45) is 12.2. The van der Waals surface area contributed by atoms with E-state index in [2.05, 4.69) is 41.7 Å². The van der Waals surface area contributed by atoms with Crippen molar-refractivity contribution >= 4 is 78.9 Å². The number of rotatable bonds is 4. The van der Waals surface area contributed by atoms with E-state index >= 15 is 0 Å². The van der Waals surface area contributed by atoms with Gasteiger partial charge in [0, 0.05) is 38.7 Å². The molecule has 6 aliphatic rings. The summed E-state index contributed by atoms with van der Waals surface area (Å²) in [4.78, 5) is 5.09. The molecule has 6 heterocycles. The summed E-state index contributed by atoms with van der Waals surface area (Å²) in [5, 5.41) is 23.9. The largest absolute Gasteiger partial charge is 0.387 e. The quantitative estimate of drug-likeness (QED) is 0.315. The van der Waals surface area contributed by atoms with Crippen LogP contribution >= 0.6 is 78.9 Å². The third kappa shape index (κ3) is 7.54. The molecule has 0 spiro atoms. The molecule has 0 aliphatic carbocycles. The van der Waals surface area contributed by atoms with E-state index < -0.39 is 19.4 Å². The molecule has 6 aliphatic heterocycles. The van der Waals surface area contributed by atoms with Gasteiger partial charge in [-0.3, -0.25) is 0 Å². The molecule has 0 saturated carbocycles. The monoisotopic (exact) mass is 890 g/mol. The van der Waals surface area contributed by atoms with E-state index in [-0.39, 0.29) is 11.6 Å². The molecule has 6 saturated heterocycles.